The smallest absolute Gasteiger partial charge is 0.0315 e. The van der Waals surface area contributed by atoms with Crippen molar-refractivity contribution < 1.29 is 0 Å². The van der Waals surface area contributed by atoms with Crippen molar-refractivity contribution in [1.29, 1.82) is 0 Å². The molecule has 0 amide bonds. The zero-order valence-electron chi connectivity index (χ0n) is 14.6. The van der Waals surface area contributed by atoms with Gasteiger partial charge in [-0.1, -0.05) is 36.8 Å². The normalized spacial score (nSPS) is 37.9. The lowest BCUT2D eigenvalue weighted by atomic mass is 9.67. The van der Waals surface area contributed by atoms with Gasteiger partial charge in [0.05, 0.1) is 0 Å². The van der Waals surface area contributed by atoms with Gasteiger partial charge in [0.25, 0.3) is 0 Å². The fourth-order valence-corrected chi connectivity index (χ4v) is 6.49. The van der Waals surface area contributed by atoms with Gasteiger partial charge >= 0.3 is 0 Å². The molecular weight excluding hydrogens is 264 g/mol. The Morgan fingerprint density at radius 3 is 1.32 bits per heavy atom. The lowest BCUT2D eigenvalue weighted by molar-refractivity contribution is 0.147. The van der Waals surface area contributed by atoms with Crippen LogP contribution in [-0.2, 0) is 0 Å². The molecule has 0 saturated heterocycles. The van der Waals surface area contributed by atoms with Gasteiger partial charge in [0, 0.05) is 0 Å². The van der Waals surface area contributed by atoms with Crippen LogP contribution in [0.1, 0.15) is 103 Å². The maximum Gasteiger partial charge on any atom is -0.0315 e. The first-order valence-corrected chi connectivity index (χ1v) is 10.6. The Morgan fingerprint density at radius 1 is 0.364 bits per heavy atom. The molecule has 4 fully saturated rings. The first-order chi connectivity index (χ1) is 10.9. The zero-order chi connectivity index (χ0) is 14.8. The summed E-state index contributed by atoms with van der Waals surface area (Å²) in [5.41, 5.74) is 3.80. The van der Waals surface area contributed by atoms with Gasteiger partial charge in [-0.15, -0.1) is 0 Å². The van der Waals surface area contributed by atoms with Crippen molar-refractivity contribution in [2.45, 2.75) is 103 Å². The highest BCUT2D eigenvalue weighted by Crippen LogP contribution is 2.46. The minimum Gasteiger partial charge on any atom is -0.0710 e. The summed E-state index contributed by atoms with van der Waals surface area (Å²) >= 11 is 0. The first-order valence-electron chi connectivity index (χ1n) is 10.6. The third-order valence-corrected chi connectivity index (χ3v) is 7.89. The Morgan fingerprint density at radius 2 is 0.773 bits per heavy atom. The van der Waals surface area contributed by atoms with Crippen LogP contribution in [-0.4, -0.2) is 0 Å². The molecule has 4 saturated carbocycles. The quantitative estimate of drug-likeness (QED) is 0.479. The summed E-state index contributed by atoms with van der Waals surface area (Å²) in [6.45, 7) is 0. The monoisotopic (exact) mass is 300 g/mol. The molecule has 0 aromatic carbocycles. The largest absolute Gasteiger partial charge is 0.0710 e. The van der Waals surface area contributed by atoms with Gasteiger partial charge in [-0.3, -0.25) is 0 Å². The maximum absolute atomic E-state index is 1.91. The summed E-state index contributed by atoms with van der Waals surface area (Å²) in [6, 6.07) is 0. The van der Waals surface area contributed by atoms with E-state index in [9.17, 15) is 0 Å². The van der Waals surface area contributed by atoms with E-state index in [1.165, 1.54) is 64.2 Å². The standard InChI is InChI=1S/C22H36/c1-2-6-17(5-1)19-9-13-21(14-10-19)22-15-11-20(12-16-22)18-7-3-4-8-18/h17,19,21-22H,1-16H2. The molecule has 0 unspecified atom stereocenters. The molecule has 0 nitrogen and oxygen atoms in total. The topological polar surface area (TPSA) is 0 Å². The molecule has 124 valence electrons. The average molecular weight is 301 g/mol. The van der Waals surface area contributed by atoms with Gasteiger partial charge in [0.1, 0.15) is 0 Å². The fourth-order valence-electron chi connectivity index (χ4n) is 6.49. The average Bonchev–Trinajstić information content (AvgIpc) is 3.29. The highest BCUT2D eigenvalue weighted by molar-refractivity contribution is 5.18. The molecule has 4 rings (SSSR count). The third-order valence-electron chi connectivity index (χ3n) is 7.89. The molecule has 0 aliphatic heterocycles. The summed E-state index contributed by atoms with van der Waals surface area (Å²) in [5.74, 6) is 4.45. The van der Waals surface area contributed by atoms with Crippen LogP contribution in [0.4, 0.5) is 0 Å². The Hall–Kier alpha value is -0.260. The van der Waals surface area contributed by atoms with Crippen molar-refractivity contribution in [3.8, 4) is 0 Å². The first kappa shape index (κ1) is 15.3. The predicted octanol–water partition coefficient (Wildman–Crippen LogP) is 7.04. The maximum atomic E-state index is 1.91. The van der Waals surface area contributed by atoms with Crippen LogP contribution in [0.3, 0.4) is 0 Å². The lowest BCUT2D eigenvalue weighted by Gasteiger charge is -2.38. The van der Waals surface area contributed by atoms with E-state index in [1.807, 2.05) is 11.1 Å². The van der Waals surface area contributed by atoms with E-state index in [2.05, 4.69) is 0 Å². The molecule has 0 radical (unpaired) electrons. The summed E-state index contributed by atoms with van der Waals surface area (Å²) in [7, 11) is 0. The number of hydrogen-bond acceptors (Lipinski definition) is 0. The van der Waals surface area contributed by atoms with E-state index >= 15 is 0 Å². The summed E-state index contributed by atoms with van der Waals surface area (Å²) in [5, 5.41) is 0. The second kappa shape index (κ2) is 7.10. The molecule has 0 spiro atoms. The number of hydrogen-bond donors (Lipinski definition) is 0. The van der Waals surface area contributed by atoms with Gasteiger partial charge in [-0.2, -0.15) is 0 Å². The Bertz CT molecular complexity index is 372. The molecule has 0 bridgehead atoms. The third kappa shape index (κ3) is 3.31. The van der Waals surface area contributed by atoms with Crippen LogP contribution in [0.25, 0.3) is 0 Å². The highest BCUT2D eigenvalue weighted by atomic mass is 14.4. The van der Waals surface area contributed by atoms with Crippen molar-refractivity contribution in [1.82, 2.24) is 0 Å². The zero-order valence-corrected chi connectivity index (χ0v) is 14.6. The van der Waals surface area contributed by atoms with Crippen LogP contribution in [0, 0.1) is 23.7 Å². The summed E-state index contributed by atoms with van der Waals surface area (Å²) in [4.78, 5) is 0. The molecule has 0 aromatic heterocycles. The van der Waals surface area contributed by atoms with Crippen LogP contribution < -0.4 is 0 Å². The van der Waals surface area contributed by atoms with Gasteiger partial charge in [0.2, 0.25) is 0 Å². The Balaban J connectivity index is 1.25. The molecule has 4 aliphatic carbocycles. The van der Waals surface area contributed by atoms with Gasteiger partial charge in [-0.05, 0) is 101 Å². The van der Waals surface area contributed by atoms with E-state index < -0.39 is 0 Å². The summed E-state index contributed by atoms with van der Waals surface area (Å²) in [6.07, 6.45) is 24.4. The van der Waals surface area contributed by atoms with Crippen molar-refractivity contribution >= 4 is 0 Å². The van der Waals surface area contributed by atoms with Gasteiger partial charge in [0.15, 0.2) is 0 Å². The molecule has 0 atom stereocenters. The van der Waals surface area contributed by atoms with Crippen molar-refractivity contribution in [3.05, 3.63) is 11.1 Å². The van der Waals surface area contributed by atoms with E-state index in [-0.39, 0.29) is 0 Å². The van der Waals surface area contributed by atoms with Crippen molar-refractivity contribution in [2.75, 3.05) is 0 Å². The van der Waals surface area contributed by atoms with E-state index in [0.717, 1.165) is 23.7 Å². The molecule has 0 heteroatoms. The van der Waals surface area contributed by atoms with Crippen molar-refractivity contribution in [2.24, 2.45) is 23.7 Å². The molecular formula is C22H36. The number of allylic oxidation sites excluding steroid dienone is 2. The molecule has 0 heterocycles. The molecule has 4 aliphatic rings. The van der Waals surface area contributed by atoms with Crippen LogP contribution in [0.15, 0.2) is 11.1 Å². The van der Waals surface area contributed by atoms with Crippen LogP contribution in [0.2, 0.25) is 0 Å². The Labute approximate surface area is 138 Å². The SMILES string of the molecule is C1CCC(=C2CCC(C3CCC(C4CCCC4)CC3)CC2)C1. The van der Waals surface area contributed by atoms with E-state index in [0.29, 0.717) is 0 Å². The fraction of sp³-hybridized carbons (Fsp3) is 0.909. The predicted molar refractivity (Wildman–Crippen MR) is 94.9 cm³/mol. The Kier molecular flexibility index (Phi) is 4.93. The second-order valence-electron chi connectivity index (χ2n) is 8.97. The van der Waals surface area contributed by atoms with E-state index in [1.54, 1.807) is 38.5 Å². The minimum atomic E-state index is 1.09. The highest BCUT2D eigenvalue weighted by Gasteiger charge is 2.33. The van der Waals surface area contributed by atoms with Crippen LogP contribution in [0.5, 0.6) is 0 Å². The second-order valence-corrected chi connectivity index (χ2v) is 8.97. The van der Waals surface area contributed by atoms with Gasteiger partial charge in [-0.25, -0.2) is 0 Å². The molecule has 0 N–H and O–H groups in total. The van der Waals surface area contributed by atoms with Crippen molar-refractivity contribution in [3.63, 3.8) is 0 Å². The minimum absolute atomic E-state index is 1.09. The number of rotatable bonds is 2. The van der Waals surface area contributed by atoms with Crippen LogP contribution >= 0.6 is 0 Å². The lowest BCUT2D eigenvalue weighted by Crippen LogP contribution is -2.26. The van der Waals surface area contributed by atoms with Gasteiger partial charge < -0.3 is 0 Å². The molecule has 0 aromatic rings. The summed E-state index contributed by atoms with van der Waals surface area (Å²) < 4.78 is 0. The van der Waals surface area contributed by atoms with E-state index in [4.69, 9.17) is 0 Å². The molecule has 22 heavy (non-hydrogen) atoms.